The lowest BCUT2D eigenvalue weighted by atomic mass is 9.91. The largest absolute Gasteiger partial charge is 0.295 e. The van der Waals surface area contributed by atoms with E-state index in [-0.39, 0.29) is 5.78 Å². The van der Waals surface area contributed by atoms with Gasteiger partial charge in [0.1, 0.15) is 0 Å². The first-order valence-electron chi connectivity index (χ1n) is 4.75. The van der Waals surface area contributed by atoms with Crippen LogP contribution in [0.2, 0.25) is 0 Å². The Morgan fingerprint density at radius 1 is 1.59 bits per heavy atom. The minimum absolute atomic E-state index is 0.0813. The van der Waals surface area contributed by atoms with Gasteiger partial charge in [-0.2, -0.15) is 4.39 Å². The molecule has 7 heteroatoms. The van der Waals surface area contributed by atoms with Gasteiger partial charge < -0.3 is 0 Å². The zero-order valence-electron chi connectivity index (χ0n) is 8.81. The third-order valence-corrected chi connectivity index (χ3v) is 2.58. The topological polar surface area (TPSA) is 51.1 Å². The zero-order chi connectivity index (χ0) is 12.4. The molecule has 0 atom stereocenters. The molecule has 0 aromatic rings. The number of carbonyl (C=O) groups is 1. The summed E-state index contributed by atoms with van der Waals surface area (Å²) in [5.74, 6) is -0.0813. The molecule has 0 N–H and O–H groups in total. The fourth-order valence-corrected chi connectivity index (χ4v) is 1.94. The van der Waals surface area contributed by atoms with Crippen LogP contribution in [0.4, 0.5) is 0 Å². The molecule has 1 fully saturated rings. The molecule has 90 valence electrons. The number of hydrogen-bond donors (Lipinski definition) is 0. The molecular formula is C10H8Cl2N2O3. The Bertz CT molecular complexity index is 480. The van der Waals surface area contributed by atoms with Crippen LogP contribution in [0.25, 0.3) is 0 Å². The first-order chi connectivity index (χ1) is 8.17. The van der Waals surface area contributed by atoms with E-state index in [4.69, 9.17) is 23.7 Å². The van der Waals surface area contributed by atoms with Gasteiger partial charge in [0.25, 0.3) is 0 Å². The van der Waals surface area contributed by atoms with E-state index in [1.165, 1.54) is 18.1 Å². The normalized spacial score (nSPS) is 22.9. The van der Waals surface area contributed by atoms with Gasteiger partial charge in [-0.3, -0.25) is 9.18 Å². The second-order valence-corrected chi connectivity index (χ2v) is 3.78. The average molecular weight is 275 g/mol. The molecule has 0 radical (unpaired) electrons. The van der Waals surface area contributed by atoms with Crippen molar-refractivity contribution in [1.82, 2.24) is 5.06 Å². The Hall–Kier alpha value is -1.30. The minimum atomic E-state index is -0.0813. The van der Waals surface area contributed by atoms with E-state index in [2.05, 4.69) is 13.9 Å². The highest BCUT2D eigenvalue weighted by Gasteiger charge is 2.36. The van der Waals surface area contributed by atoms with Gasteiger partial charge in [0.05, 0.1) is 29.0 Å². The van der Waals surface area contributed by atoms with Crippen molar-refractivity contribution in [2.75, 3.05) is 0 Å². The minimum Gasteiger partial charge on any atom is -0.295 e. The van der Waals surface area contributed by atoms with Crippen molar-refractivity contribution in [3.63, 3.8) is 0 Å². The van der Waals surface area contributed by atoms with Crippen molar-refractivity contribution in [1.29, 1.82) is 0 Å². The highest BCUT2D eigenvalue weighted by Crippen LogP contribution is 2.42. The average Bonchev–Trinajstić information content (AvgIpc) is 2.28. The molecule has 1 saturated heterocycles. The van der Waals surface area contributed by atoms with Gasteiger partial charge in [-0.25, -0.2) is 5.06 Å². The highest BCUT2D eigenvalue weighted by atomic mass is 35.5. The number of fused-ring (bicyclic) bond motifs is 1. The summed E-state index contributed by atoms with van der Waals surface area (Å²) >= 11 is 10.4. The van der Waals surface area contributed by atoms with Crippen LogP contribution in [-0.4, -0.2) is 16.6 Å². The summed E-state index contributed by atoms with van der Waals surface area (Å²) in [7, 11) is 0. The van der Waals surface area contributed by atoms with Gasteiger partial charge in [0.15, 0.2) is 17.6 Å². The second kappa shape index (κ2) is 4.91. The number of allylic oxidation sites excluding steroid dienone is 3. The lowest BCUT2D eigenvalue weighted by molar-refractivity contribution is -0.113. The molecule has 1 heterocycles. The van der Waals surface area contributed by atoms with Gasteiger partial charge in [0, 0.05) is 18.1 Å². The number of rotatable bonds is 3. The summed E-state index contributed by atoms with van der Waals surface area (Å²) in [6.45, 7) is 1.46. The van der Waals surface area contributed by atoms with Gasteiger partial charge in [-0.05, 0) is 13.0 Å². The molecule has 17 heavy (non-hydrogen) atoms. The number of hydroxylamine groups is 2. The number of carbonyl (C=O) groups excluding carboxylic acids is 1. The molecule has 0 unspecified atom stereocenters. The van der Waals surface area contributed by atoms with E-state index in [0.717, 1.165) is 5.57 Å². The maximum absolute atomic E-state index is 11.0. The zero-order valence-corrected chi connectivity index (χ0v) is 10.3. The van der Waals surface area contributed by atoms with Crippen LogP contribution in [0.5, 0.6) is 0 Å². The number of nitrogens with zero attached hydrogens (tertiary/aromatic N) is 2. The molecule has 1 aliphatic heterocycles. The lowest BCUT2D eigenvalue weighted by Gasteiger charge is -2.39. The van der Waals surface area contributed by atoms with E-state index < -0.39 is 0 Å². The molecule has 0 aromatic heterocycles. The van der Waals surface area contributed by atoms with Crippen molar-refractivity contribution >= 4 is 35.2 Å². The number of ketones is 1. The van der Waals surface area contributed by atoms with Crippen LogP contribution < -0.4 is 0 Å². The molecule has 0 saturated carbocycles. The smallest absolute Gasteiger partial charge is 0.167 e. The third kappa shape index (κ3) is 2.22. The maximum atomic E-state index is 11.0. The molecule has 0 bridgehead atoms. The molecule has 2 aliphatic rings. The fourth-order valence-electron chi connectivity index (χ4n) is 1.71. The van der Waals surface area contributed by atoms with Crippen molar-refractivity contribution in [2.45, 2.75) is 13.3 Å². The van der Waals surface area contributed by atoms with Crippen LogP contribution in [0.15, 0.2) is 40.4 Å². The summed E-state index contributed by atoms with van der Waals surface area (Å²) in [6.07, 6.45) is 5.63. The van der Waals surface area contributed by atoms with Crippen molar-refractivity contribution in [3.8, 4) is 0 Å². The van der Waals surface area contributed by atoms with Gasteiger partial charge in [0.2, 0.25) is 0 Å². The third-order valence-electron chi connectivity index (χ3n) is 2.37. The van der Waals surface area contributed by atoms with Crippen LogP contribution in [0, 0.1) is 0 Å². The summed E-state index contributed by atoms with van der Waals surface area (Å²) in [5, 5.41) is 4.94. The highest BCUT2D eigenvalue weighted by molar-refractivity contribution is 6.09. The van der Waals surface area contributed by atoms with E-state index in [1.54, 1.807) is 6.08 Å². The molecular weight excluding hydrogens is 267 g/mol. The van der Waals surface area contributed by atoms with E-state index >= 15 is 0 Å². The van der Waals surface area contributed by atoms with Crippen LogP contribution in [0.3, 0.4) is 0 Å². The SMILES string of the molecule is CC(=O)C=C1C2=CCC(=NOCl)C=C2N1OCl. The summed E-state index contributed by atoms with van der Waals surface area (Å²) < 4.78 is 8.82. The summed E-state index contributed by atoms with van der Waals surface area (Å²) in [4.78, 5) is 11.0. The standard InChI is InChI=1S/C10H8Cl2N2O3/c1-6(15)4-9-8-3-2-7(13-16-11)5-10(8)14(9)17-12/h3-5H,2H2,1H3. The summed E-state index contributed by atoms with van der Waals surface area (Å²) in [5.41, 5.74) is 2.88. The number of halogens is 2. The lowest BCUT2D eigenvalue weighted by Crippen LogP contribution is -2.35. The Morgan fingerprint density at radius 2 is 2.35 bits per heavy atom. The second-order valence-electron chi connectivity index (χ2n) is 3.51. The van der Waals surface area contributed by atoms with E-state index in [9.17, 15) is 4.79 Å². The monoisotopic (exact) mass is 274 g/mol. The van der Waals surface area contributed by atoms with Crippen LogP contribution in [-0.2, 0) is 13.6 Å². The maximum Gasteiger partial charge on any atom is 0.167 e. The fraction of sp³-hybridized carbons (Fsp3) is 0.200. The Labute approximate surface area is 108 Å². The summed E-state index contributed by atoms with van der Waals surface area (Å²) in [6, 6.07) is 0. The van der Waals surface area contributed by atoms with Gasteiger partial charge in [-0.1, -0.05) is 11.2 Å². The number of hydrogen-bond acceptors (Lipinski definition) is 5. The quantitative estimate of drug-likeness (QED) is 0.586. The number of oxime groups is 1. The molecule has 2 rings (SSSR count). The van der Waals surface area contributed by atoms with E-state index in [0.29, 0.717) is 23.5 Å². The van der Waals surface area contributed by atoms with Crippen LogP contribution in [0.1, 0.15) is 13.3 Å². The first-order valence-corrected chi connectivity index (χ1v) is 5.37. The van der Waals surface area contributed by atoms with Crippen molar-refractivity contribution in [3.05, 3.63) is 35.2 Å². The molecule has 0 spiro atoms. The predicted molar refractivity (Wildman–Crippen MR) is 62.7 cm³/mol. The molecule has 0 amide bonds. The Kier molecular flexibility index (Phi) is 3.51. The van der Waals surface area contributed by atoms with Crippen molar-refractivity contribution in [2.24, 2.45) is 5.16 Å². The first kappa shape index (κ1) is 12.2. The van der Waals surface area contributed by atoms with Crippen LogP contribution >= 0.6 is 23.7 Å². The van der Waals surface area contributed by atoms with Crippen molar-refractivity contribution < 1.29 is 13.6 Å². The Balaban J connectivity index is 2.30. The van der Waals surface area contributed by atoms with Gasteiger partial charge >= 0.3 is 0 Å². The molecule has 5 nitrogen and oxygen atoms in total. The Morgan fingerprint density at radius 3 is 2.94 bits per heavy atom. The van der Waals surface area contributed by atoms with E-state index in [1.807, 2.05) is 6.08 Å². The predicted octanol–water partition coefficient (Wildman–Crippen LogP) is 2.60. The molecule has 1 aliphatic carbocycles. The molecule has 0 aromatic carbocycles. The van der Waals surface area contributed by atoms with Gasteiger partial charge in [-0.15, -0.1) is 0 Å².